The van der Waals surface area contributed by atoms with Gasteiger partial charge in [-0.25, -0.2) is 9.59 Å². The van der Waals surface area contributed by atoms with Crippen molar-refractivity contribution >= 4 is 20.2 Å². The first kappa shape index (κ1) is 11.1. The molecule has 2 atom stereocenters. The van der Waals surface area contributed by atoms with Gasteiger partial charge >= 0.3 is 20.2 Å². The number of hydrogen-bond donors (Lipinski definition) is 1. The smallest absolute Gasteiger partial charge is 0.318 e. The van der Waals surface area contributed by atoms with Gasteiger partial charge in [0.2, 0.25) is 0 Å². The van der Waals surface area contributed by atoms with Crippen molar-refractivity contribution in [2.75, 3.05) is 0 Å². The first-order chi connectivity index (χ1) is 6.59. The minimum absolute atomic E-state index is 0.172. The molecule has 1 saturated heterocycles. The number of nitrogens with two attached hydrogens (primary N) is 1. The Morgan fingerprint density at radius 2 is 2.00 bits per heavy atom. The lowest BCUT2D eigenvalue weighted by atomic mass is 10.1. The van der Waals surface area contributed by atoms with Crippen LogP contribution in [-0.4, -0.2) is 18.0 Å². The summed E-state index contributed by atoms with van der Waals surface area (Å²) in [6.45, 7) is 0. The molecule has 6 nitrogen and oxygen atoms in total. The second-order valence-electron chi connectivity index (χ2n) is 2.95. The fraction of sp³-hybridized carbons (Fsp3) is 0.714. The molecule has 7 heteroatoms. The summed E-state index contributed by atoms with van der Waals surface area (Å²) in [5, 5.41) is 0. The summed E-state index contributed by atoms with van der Waals surface area (Å²) in [7, 11) is -2.70. The summed E-state index contributed by atoms with van der Waals surface area (Å²) < 4.78 is 19.5. The number of rotatable bonds is 0. The van der Waals surface area contributed by atoms with Crippen molar-refractivity contribution in [3.05, 3.63) is 0 Å². The predicted molar refractivity (Wildman–Crippen MR) is 46.2 cm³/mol. The zero-order chi connectivity index (χ0) is 10.6. The van der Waals surface area contributed by atoms with E-state index in [1.165, 1.54) is 0 Å². The highest BCUT2D eigenvalue weighted by Gasteiger charge is 2.34. The van der Waals surface area contributed by atoms with Crippen LogP contribution in [0, 0.1) is 0 Å². The molecule has 0 aliphatic carbocycles. The molecule has 0 radical (unpaired) electrons. The van der Waals surface area contributed by atoms with Gasteiger partial charge in [-0.3, -0.25) is 0 Å². The van der Waals surface area contributed by atoms with Gasteiger partial charge in [0, 0.05) is 4.57 Å². The average Bonchev–Trinajstić information content (AvgIpc) is 2.10. The zero-order valence-corrected chi connectivity index (χ0v) is 8.37. The van der Waals surface area contributed by atoms with Crippen LogP contribution in [0.25, 0.3) is 0 Å². The third kappa shape index (κ3) is 3.40. The Morgan fingerprint density at radius 3 is 2.71 bits per heavy atom. The Bertz CT molecular complexity index is 267. The molecular formula is C7H11NO5P+. The normalized spacial score (nSPS) is 27.8. The molecule has 0 spiro atoms. The third-order valence-corrected chi connectivity index (χ3v) is 2.47. The molecule has 0 bridgehead atoms. The van der Waals surface area contributed by atoms with Crippen molar-refractivity contribution in [3.8, 4) is 0 Å². The number of carbonyl (C=O) groups excluding carboxylic acids is 2. The minimum atomic E-state index is -2.70. The van der Waals surface area contributed by atoms with E-state index >= 15 is 0 Å². The van der Waals surface area contributed by atoms with Crippen LogP contribution in [0.4, 0.5) is 0 Å². The van der Waals surface area contributed by atoms with Crippen molar-refractivity contribution in [3.63, 3.8) is 0 Å². The summed E-state index contributed by atoms with van der Waals surface area (Å²) in [5.41, 5.74) is 5.42. The van der Waals surface area contributed by atoms with E-state index in [4.69, 9.17) is 5.73 Å². The van der Waals surface area contributed by atoms with Crippen LogP contribution >= 0.6 is 8.25 Å². The molecule has 0 aromatic heterocycles. The molecule has 1 aliphatic heterocycles. The van der Waals surface area contributed by atoms with E-state index < -0.39 is 26.2 Å². The quantitative estimate of drug-likeness (QED) is 0.601. The van der Waals surface area contributed by atoms with Crippen molar-refractivity contribution in [1.29, 1.82) is 0 Å². The Labute approximate surface area is 81.7 Å². The maximum absolute atomic E-state index is 11.0. The van der Waals surface area contributed by atoms with Gasteiger partial charge in [-0.15, -0.1) is 0 Å². The highest BCUT2D eigenvalue weighted by atomic mass is 31.1. The lowest BCUT2D eigenvalue weighted by molar-refractivity contribution is -0.139. The summed E-state index contributed by atoms with van der Waals surface area (Å²) in [5.74, 6) is -1.41. The van der Waals surface area contributed by atoms with Gasteiger partial charge in [-0.1, -0.05) is 6.42 Å². The fourth-order valence-electron chi connectivity index (χ4n) is 1.04. The van der Waals surface area contributed by atoms with Gasteiger partial charge in [0.1, 0.15) is 6.04 Å². The van der Waals surface area contributed by atoms with Crippen LogP contribution in [0.5, 0.6) is 0 Å². The average molecular weight is 220 g/mol. The number of hydrogen-bond acceptors (Lipinski definition) is 6. The topological polar surface area (TPSA) is 95.7 Å². The molecule has 0 saturated carbocycles. The molecule has 14 heavy (non-hydrogen) atoms. The number of carbonyl (C=O) groups is 2. The van der Waals surface area contributed by atoms with E-state index in [1.54, 1.807) is 0 Å². The van der Waals surface area contributed by atoms with E-state index in [0.29, 0.717) is 19.3 Å². The van der Waals surface area contributed by atoms with Crippen LogP contribution in [0.3, 0.4) is 0 Å². The molecule has 78 valence electrons. The molecule has 0 aromatic rings. The van der Waals surface area contributed by atoms with E-state index in [0.717, 1.165) is 0 Å². The van der Waals surface area contributed by atoms with Crippen molar-refractivity contribution in [1.82, 2.24) is 0 Å². The standard InChI is InChI=1S/C7H11NO5P/c8-5-3-1-2-4-6(9)12-14(11)13-7(5)10/h5H,1-4,8H2/q+1. The van der Waals surface area contributed by atoms with Crippen LogP contribution in [0.2, 0.25) is 0 Å². The highest BCUT2D eigenvalue weighted by Crippen LogP contribution is 2.27. The SMILES string of the molecule is NC1CCCCC(=O)O[P+](=O)OC1=O. The minimum Gasteiger partial charge on any atom is -0.318 e. The summed E-state index contributed by atoms with van der Waals surface area (Å²) in [6.07, 6.45) is 1.81. The van der Waals surface area contributed by atoms with E-state index in [9.17, 15) is 14.2 Å². The van der Waals surface area contributed by atoms with Gasteiger partial charge in [0.25, 0.3) is 0 Å². The monoisotopic (exact) mass is 220 g/mol. The second-order valence-corrected chi connectivity index (χ2v) is 3.76. The van der Waals surface area contributed by atoms with Crippen molar-refractivity contribution in [2.45, 2.75) is 31.7 Å². The Hall–Kier alpha value is -1.00. The Balaban J connectivity index is 2.58. The molecule has 0 aromatic carbocycles. The van der Waals surface area contributed by atoms with Gasteiger partial charge in [-0.05, 0) is 12.8 Å². The van der Waals surface area contributed by atoms with Gasteiger partial charge in [-0.2, -0.15) is 9.05 Å². The first-order valence-corrected chi connectivity index (χ1v) is 5.34. The van der Waals surface area contributed by atoms with Gasteiger partial charge in [0.05, 0.1) is 6.42 Å². The van der Waals surface area contributed by atoms with Crippen molar-refractivity contribution < 1.29 is 23.2 Å². The van der Waals surface area contributed by atoms with E-state index in [1.807, 2.05) is 0 Å². The molecule has 1 rings (SSSR count). The summed E-state index contributed by atoms with van der Waals surface area (Å²) >= 11 is 0. The maximum Gasteiger partial charge on any atom is 0.811 e. The van der Waals surface area contributed by atoms with Gasteiger partial charge < -0.3 is 5.73 Å². The molecule has 2 unspecified atom stereocenters. The van der Waals surface area contributed by atoms with Crippen LogP contribution < -0.4 is 5.73 Å². The Kier molecular flexibility index (Phi) is 3.98. The first-order valence-electron chi connectivity index (χ1n) is 4.25. The van der Waals surface area contributed by atoms with Crippen LogP contribution in [-0.2, 0) is 23.2 Å². The van der Waals surface area contributed by atoms with Crippen LogP contribution in [0.1, 0.15) is 25.7 Å². The molecule has 2 N–H and O–H groups in total. The predicted octanol–water partition coefficient (Wildman–Crippen LogP) is 0.631. The third-order valence-electron chi connectivity index (χ3n) is 1.79. The highest BCUT2D eigenvalue weighted by molar-refractivity contribution is 7.34. The second kappa shape index (κ2) is 5.02. The van der Waals surface area contributed by atoms with E-state index in [-0.39, 0.29) is 6.42 Å². The molecule has 0 amide bonds. The molecule has 1 aliphatic rings. The fourth-order valence-corrected chi connectivity index (χ4v) is 1.62. The maximum atomic E-state index is 11.0. The lowest BCUT2D eigenvalue weighted by Gasteiger charge is -2.06. The molecule has 1 fully saturated rings. The largest absolute Gasteiger partial charge is 0.811 e. The van der Waals surface area contributed by atoms with Crippen LogP contribution in [0.15, 0.2) is 0 Å². The van der Waals surface area contributed by atoms with Crippen molar-refractivity contribution in [2.24, 2.45) is 5.73 Å². The zero-order valence-electron chi connectivity index (χ0n) is 7.47. The lowest BCUT2D eigenvalue weighted by Crippen LogP contribution is -2.31. The van der Waals surface area contributed by atoms with E-state index in [2.05, 4.69) is 9.05 Å². The summed E-state index contributed by atoms with van der Waals surface area (Å²) in [6, 6.07) is -0.786. The Morgan fingerprint density at radius 1 is 1.29 bits per heavy atom. The molecule has 1 heterocycles. The molecular weight excluding hydrogens is 209 g/mol. The summed E-state index contributed by atoms with van der Waals surface area (Å²) in [4.78, 5) is 21.9. The van der Waals surface area contributed by atoms with Gasteiger partial charge in [0.15, 0.2) is 0 Å².